The molecule has 0 radical (unpaired) electrons. The minimum absolute atomic E-state index is 0.0139. The van der Waals surface area contributed by atoms with E-state index in [-0.39, 0.29) is 5.91 Å². The van der Waals surface area contributed by atoms with Gasteiger partial charge in [-0.15, -0.1) is 11.3 Å². The number of amides is 1. The number of carbonyl (C=O) groups excluding carboxylic acids is 1. The number of thiazole rings is 1. The van der Waals surface area contributed by atoms with E-state index in [2.05, 4.69) is 19.9 Å². The van der Waals surface area contributed by atoms with Crippen LogP contribution in [0.25, 0.3) is 11.3 Å². The van der Waals surface area contributed by atoms with Crippen molar-refractivity contribution in [3.8, 4) is 11.3 Å². The molecule has 1 amide bonds. The van der Waals surface area contributed by atoms with Gasteiger partial charge in [0.2, 0.25) is 0 Å². The molecule has 0 saturated carbocycles. The van der Waals surface area contributed by atoms with E-state index in [1.807, 2.05) is 23.2 Å². The van der Waals surface area contributed by atoms with Gasteiger partial charge in [-0.25, -0.2) is 15.0 Å². The van der Waals surface area contributed by atoms with Gasteiger partial charge in [0.1, 0.15) is 12.0 Å². The molecule has 120 valence electrons. The van der Waals surface area contributed by atoms with Gasteiger partial charge >= 0.3 is 0 Å². The number of hydrogen-bond acceptors (Lipinski definition) is 6. The Kier molecular flexibility index (Phi) is 4.00. The fourth-order valence-electron chi connectivity index (χ4n) is 2.96. The fraction of sp³-hybridized carbons (Fsp3) is 0.235. The van der Waals surface area contributed by atoms with Crippen molar-refractivity contribution in [2.24, 2.45) is 0 Å². The summed E-state index contributed by atoms with van der Waals surface area (Å²) >= 11 is 1.44. The minimum atomic E-state index is -0.0139. The van der Waals surface area contributed by atoms with Crippen molar-refractivity contribution in [1.29, 1.82) is 0 Å². The molecule has 0 saturated heterocycles. The number of hydrogen-bond donors (Lipinski definition) is 0. The molecule has 24 heavy (non-hydrogen) atoms. The van der Waals surface area contributed by atoms with Crippen molar-refractivity contribution in [1.82, 2.24) is 24.8 Å². The summed E-state index contributed by atoms with van der Waals surface area (Å²) in [7, 11) is 0. The van der Waals surface area contributed by atoms with Gasteiger partial charge < -0.3 is 4.90 Å². The molecule has 3 aromatic rings. The molecule has 1 aliphatic rings. The second kappa shape index (κ2) is 6.45. The van der Waals surface area contributed by atoms with Crippen LogP contribution in [0, 0.1) is 0 Å². The molecule has 4 rings (SSSR count). The lowest BCUT2D eigenvalue weighted by Crippen LogP contribution is -2.33. The smallest absolute Gasteiger partial charge is 0.273 e. The first-order valence-electron chi connectivity index (χ1n) is 7.73. The predicted octanol–water partition coefficient (Wildman–Crippen LogP) is 2.24. The Morgan fingerprint density at radius 3 is 2.88 bits per heavy atom. The standard InChI is InChI=1S/C17H15N5OS/c23-17(15-9-24-11-21-15)22-6-3-13-14(4-7-22)19-10-20-16(13)12-2-1-5-18-8-12/h1-2,5,8-11H,3-4,6-7H2. The molecule has 3 aromatic heterocycles. The van der Waals surface area contributed by atoms with Crippen LogP contribution in [0.4, 0.5) is 0 Å². The van der Waals surface area contributed by atoms with Gasteiger partial charge in [0.05, 0.1) is 11.2 Å². The Hall–Kier alpha value is -2.67. The lowest BCUT2D eigenvalue weighted by molar-refractivity contribution is 0.0758. The molecule has 0 spiro atoms. The number of rotatable bonds is 2. The highest BCUT2D eigenvalue weighted by Gasteiger charge is 2.23. The third-order valence-electron chi connectivity index (χ3n) is 4.16. The van der Waals surface area contributed by atoms with Crippen LogP contribution >= 0.6 is 11.3 Å². The van der Waals surface area contributed by atoms with Crippen LogP contribution in [0.5, 0.6) is 0 Å². The van der Waals surface area contributed by atoms with Gasteiger partial charge in [0, 0.05) is 54.1 Å². The summed E-state index contributed by atoms with van der Waals surface area (Å²) < 4.78 is 0. The molecule has 6 nitrogen and oxygen atoms in total. The van der Waals surface area contributed by atoms with Crippen LogP contribution in [0.15, 0.2) is 41.7 Å². The van der Waals surface area contributed by atoms with Gasteiger partial charge in [-0.2, -0.15) is 0 Å². The van der Waals surface area contributed by atoms with Crippen LogP contribution in [0.2, 0.25) is 0 Å². The van der Waals surface area contributed by atoms with Crippen molar-refractivity contribution in [2.75, 3.05) is 13.1 Å². The Bertz CT molecular complexity index is 851. The zero-order valence-electron chi connectivity index (χ0n) is 12.9. The van der Waals surface area contributed by atoms with Gasteiger partial charge in [-0.1, -0.05) is 0 Å². The summed E-state index contributed by atoms with van der Waals surface area (Å²) in [4.78, 5) is 31.6. The lowest BCUT2D eigenvalue weighted by atomic mass is 10.0. The minimum Gasteiger partial charge on any atom is -0.337 e. The molecule has 1 aliphatic heterocycles. The van der Waals surface area contributed by atoms with E-state index in [0.717, 1.165) is 35.4 Å². The summed E-state index contributed by atoms with van der Waals surface area (Å²) in [5, 5.41) is 1.79. The van der Waals surface area contributed by atoms with Gasteiger partial charge in [0.25, 0.3) is 5.91 Å². The molecule has 0 unspecified atom stereocenters. The topological polar surface area (TPSA) is 71.9 Å². The molecule has 4 heterocycles. The van der Waals surface area contributed by atoms with E-state index in [9.17, 15) is 4.79 Å². The molecule has 0 N–H and O–H groups in total. The highest BCUT2D eigenvalue weighted by atomic mass is 32.1. The summed E-state index contributed by atoms with van der Waals surface area (Å²) in [5.41, 5.74) is 6.22. The van der Waals surface area contributed by atoms with Crippen LogP contribution < -0.4 is 0 Å². The third kappa shape index (κ3) is 2.78. The maximum Gasteiger partial charge on any atom is 0.273 e. The van der Waals surface area contributed by atoms with Crippen LogP contribution in [-0.2, 0) is 12.8 Å². The average Bonchev–Trinajstić information content (AvgIpc) is 3.08. The lowest BCUT2D eigenvalue weighted by Gasteiger charge is -2.18. The normalized spacial score (nSPS) is 14.1. The zero-order valence-corrected chi connectivity index (χ0v) is 13.7. The third-order valence-corrected chi connectivity index (χ3v) is 4.74. The SMILES string of the molecule is O=C(c1cscn1)N1CCc2ncnc(-c3cccnc3)c2CC1. The van der Waals surface area contributed by atoms with Crippen LogP contribution in [-0.4, -0.2) is 43.8 Å². The summed E-state index contributed by atoms with van der Waals surface area (Å²) in [5.74, 6) is -0.0139. The van der Waals surface area contributed by atoms with E-state index in [1.54, 1.807) is 23.4 Å². The largest absolute Gasteiger partial charge is 0.337 e. The fourth-order valence-corrected chi connectivity index (χ4v) is 3.49. The molecular formula is C17H15N5OS. The predicted molar refractivity (Wildman–Crippen MR) is 90.7 cm³/mol. The molecular weight excluding hydrogens is 322 g/mol. The van der Waals surface area contributed by atoms with Crippen molar-refractivity contribution >= 4 is 17.2 Å². The quantitative estimate of drug-likeness (QED) is 0.717. The molecule has 0 bridgehead atoms. The maximum absolute atomic E-state index is 12.5. The van der Waals surface area contributed by atoms with E-state index < -0.39 is 0 Å². The Morgan fingerprint density at radius 2 is 2.08 bits per heavy atom. The van der Waals surface area contributed by atoms with E-state index >= 15 is 0 Å². The molecule has 0 atom stereocenters. The molecule has 0 aromatic carbocycles. The number of fused-ring (bicyclic) bond motifs is 1. The van der Waals surface area contributed by atoms with Crippen molar-refractivity contribution in [2.45, 2.75) is 12.8 Å². The highest BCUT2D eigenvalue weighted by molar-refractivity contribution is 7.07. The van der Waals surface area contributed by atoms with Crippen molar-refractivity contribution in [3.05, 3.63) is 58.7 Å². The van der Waals surface area contributed by atoms with Gasteiger partial charge in [-0.05, 0) is 18.6 Å². The monoisotopic (exact) mass is 337 g/mol. The first kappa shape index (κ1) is 14.9. The number of aromatic nitrogens is 4. The highest BCUT2D eigenvalue weighted by Crippen LogP contribution is 2.25. The number of carbonyl (C=O) groups is 1. The summed E-state index contributed by atoms with van der Waals surface area (Å²) in [6.45, 7) is 1.29. The second-order valence-electron chi connectivity index (χ2n) is 5.56. The van der Waals surface area contributed by atoms with Gasteiger partial charge in [0.15, 0.2) is 0 Å². The van der Waals surface area contributed by atoms with E-state index in [4.69, 9.17) is 0 Å². The average molecular weight is 337 g/mol. The van der Waals surface area contributed by atoms with Crippen molar-refractivity contribution in [3.63, 3.8) is 0 Å². The molecule has 0 fully saturated rings. The Morgan fingerprint density at radius 1 is 1.17 bits per heavy atom. The van der Waals surface area contributed by atoms with Crippen LogP contribution in [0.1, 0.15) is 21.7 Å². The Balaban J connectivity index is 1.63. The zero-order chi connectivity index (χ0) is 16.4. The summed E-state index contributed by atoms with van der Waals surface area (Å²) in [6, 6.07) is 3.90. The first-order valence-corrected chi connectivity index (χ1v) is 8.68. The number of pyridine rings is 1. The second-order valence-corrected chi connectivity index (χ2v) is 6.27. The number of nitrogens with zero attached hydrogens (tertiary/aromatic N) is 5. The van der Waals surface area contributed by atoms with Crippen LogP contribution in [0.3, 0.4) is 0 Å². The van der Waals surface area contributed by atoms with Crippen molar-refractivity contribution < 1.29 is 4.79 Å². The summed E-state index contributed by atoms with van der Waals surface area (Å²) in [6.07, 6.45) is 6.61. The maximum atomic E-state index is 12.5. The molecule has 0 aliphatic carbocycles. The Labute approximate surface area is 143 Å². The van der Waals surface area contributed by atoms with E-state index in [1.165, 1.54) is 11.3 Å². The first-order chi connectivity index (χ1) is 11.8. The molecule has 7 heteroatoms. The van der Waals surface area contributed by atoms with Gasteiger partial charge in [-0.3, -0.25) is 9.78 Å². The van der Waals surface area contributed by atoms with E-state index in [0.29, 0.717) is 18.8 Å².